The van der Waals surface area contributed by atoms with E-state index in [4.69, 9.17) is 42.4 Å². The summed E-state index contributed by atoms with van der Waals surface area (Å²) in [7, 11) is 1.61. The third kappa shape index (κ3) is 17.9. The number of ether oxygens (including phenoxy) is 1. The van der Waals surface area contributed by atoms with Gasteiger partial charge in [0.05, 0.1) is 6.04 Å². The summed E-state index contributed by atoms with van der Waals surface area (Å²) < 4.78 is 5.02. The Labute approximate surface area is 319 Å². The molecule has 0 saturated heterocycles. The van der Waals surface area contributed by atoms with E-state index in [0.29, 0.717) is 12.0 Å². The number of carboxylic acids is 3. The van der Waals surface area contributed by atoms with Crippen molar-refractivity contribution in [2.24, 2.45) is 17.2 Å². The first-order valence-corrected chi connectivity index (χ1v) is 16.9. The number of carbonyl (C=O) groups excluding carboxylic acids is 2. The van der Waals surface area contributed by atoms with Crippen LogP contribution in [0.1, 0.15) is 50.4 Å². The van der Waals surface area contributed by atoms with Gasteiger partial charge in [-0.15, -0.1) is 0 Å². The number of rotatable bonds is 12. The number of aromatic amines is 1. The molecule has 0 aliphatic heterocycles. The van der Waals surface area contributed by atoms with Crippen molar-refractivity contribution in [3.63, 3.8) is 0 Å². The Kier molecular flexibility index (Phi) is 19.4. The largest absolute Gasteiger partial charge is 0.508 e. The van der Waals surface area contributed by atoms with Crippen LogP contribution < -0.4 is 27.8 Å². The Morgan fingerprint density at radius 1 is 0.836 bits per heavy atom. The lowest BCUT2D eigenvalue weighted by Crippen LogP contribution is -2.44. The van der Waals surface area contributed by atoms with Gasteiger partial charge in [-0.05, 0) is 69.6 Å². The van der Waals surface area contributed by atoms with Crippen molar-refractivity contribution < 1.29 is 49.1 Å². The van der Waals surface area contributed by atoms with E-state index < -0.39 is 59.7 Å². The maximum absolute atomic E-state index is 11.6. The summed E-state index contributed by atoms with van der Waals surface area (Å²) in [6, 6.07) is 20.3. The number of primary amides is 1. The van der Waals surface area contributed by atoms with Crippen LogP contribution in [0.2, 0.25) is 0 Å². The van der Waals surface area contributed by atoms with Crippen LogP contribution in [0.4, 0.5) is 4.79 Å². The Hall–Kier alpha value is -6.23. The number of phenolic OH excluding ortho intramolecular Hbond substituents is 1. The molecule has 4 atom stereocenters. The first-order chi connectivity index (χ1) is 25.7. The summed E-state index contributed by atoms with van der Waals surface area (Å²) in [5.41, 5.74) is 19.3. The predicted octanol–water partition coefficient (Wildman–Crippen LogP) is 3.44. The van der Waals surface area contributed by atoms with Crippen LogP contribution in [0.25, 0.3) is 10.9 Å². The van der Waals surface area contributed by atoms with E-state index in [0.717, 1.165) is 22.0 Å². The van der Waals surface area contributed by atoms with E-state index in [1.165, 1.54) is 12.1 Å². The van der Waals surface area contributed by atoms with Crippen molar-refractivity contribution >= 4 is 40.8 Å². The molecule has 4 rings (SSSR count). The highest BCUT2D eigenvalue weighted by Gasteiger charge is 2.24. The number of phenols is 1. The second kappa shape index (κ2) is 22.8. The number of carbonyl (C=O) groups is 5. The molecule has 16 nitrogen and oxygen atoms in total. The minimum Gasteiger partial charge on any atom is -0.508 e. The number of aromatic hydroxyl groups is 1. The van der Waals surface area contributed by atoms with Crippen LogP contribution in [0, 0.1) is 0 Å². The predicted molar refractivity (Wildman–Crippen MR) is 208 cm³/mol. The third-order valence-electron chi connectivity index (χ3n) is 7.45. The topological polar surface area (TPSA) is 293 Å². The zero-order chi connectivity index (χ0) is 41.9. The Morgan fingerprint density at radius 3 is 1.87 bits per heavy atom. The second-order valence-corrected chi connectivity index (χ2v) is 13.0. The van der Waals surface area contributed by atoms with Gasteiger partial charge in [-0.1, -0.05) is 67.2 Å². The van der Waals surface area contributed by atoms with E-state index in [1.807, 2.05) is 60.8 Å². The van der Waals surface area contributed by atoms with Crippen LogP contribution in [-0.2, 0) is 36.8 Å². The summed E-state index contributed by atoms with van der Waals surface area (Å²) in [5, 5.41) is 41.0. The molecule has 3 aromatic carbocycles. The number of hydrogen-bond donors (Lipinski definition) is 10. The molecular weight excluding hydrogens is 712 g/mol. The SMILES string of the molecule is C=C(C(N)=O)C(N)c1ccccc1.CC(C)(C)OC(=O)NC(Cc1ccc(O)cc1)C(=O)O.CNC(C)C(=O)O.NC(Cc1c[nH]c2ccccc12)C(=O)O. The number of H-pyrrole nitrogens is 1. The molecular formula is C39H52N6O10. The Bertz CT molecular complexity index is 1860. The average Bonchev–Trinajstić information content (AvgIpc) is 3.53. The van der Waals surface area contributed by atoms with E-state index >= 15 is 0 Å². The fourth-order valence-electron chi connectivity index (χ4n) is 4.28. The highest BCUT2D eigenvalue weighted by atomic mass is 16.6. The van der Waals surface area contributed by atoms with Crippen molar-refractivity contribution in [2.75, 3.05) is 7.05 Å². The molecule has 4 unspecified atom stereocenters. The zero-order valence-corrected chi connectivity index (χ0v) is 31.5. The fourth-order valence-corrected chi connectivity index (χ4v) is 4.28. The molecule has 1 aromatic heterocycles. The van der Waals surface area contributed by atoms with E-state index in [9.17, 15) is 24.0 Å². The van der Waals surface area contributed by atoms with Crippen LogP contribution in [-0.4, -0.2) is 86.1 Å². The minimum absolute atomic E-state index is 0.0979. The number of hydrogen-bond acceptors (Lipinski definition) is 10. The molecule has 55 heavy (non-hydrogen) atoms. The summed E-state index contributed by atoms with van der Waals surface area (Å²) in [4.78, 5) is 57.1. The summed E-state index contributed by atoms with van der Waals surface area (Å²) in [6.45, 7) is 10.2. The smallest absolute Gasteiger partial charge is 0.408 e. The average molecular weight is 765 g/mol. The zero-order valence-electron chi connectivity index (χ0n) is 31.5. The summed E-state index contributed by atoms with van der Waals surface area (Å²) in [6.07, 6.45) is 1.49. The molecule has 0 aliphatic rings. The number of aliphatic carboxylic acids is 3. The van der Waals surface area contributed by atoms with Gasteiger partial charge in [0.1, 0.15) is 29.5 Å². The van der Waals surface area contributed by atoms with Crippen molar-refractivity contribution in [1.82, 2.24) is 15.6 Å². The molecule has 13 N–H and O–H groups in total. The maximum atomic E-state index is 11.6. The van der Waals surface area contributed by atoms with Crippen LogP contribution in [0.3, 0.4) is 0 Å². The molecule has 4 aromatic rings. The van der Waals surface area contributed by atoms with Gasteiger partial charge in [0.15, 0.2) is 0 Å². The molecule has 0 spiro atoms. The first kappa shape index (κ1) is 46.8. The molecule has 0 saturated carbocycles. The van der Waals surface area contributed by atoms with E-state index in [1.54, 1.807) is 46.9 Å². The number of para-hydroxylation sites is 1. The van der Waals surface area contributed by atoms with Gasteiger partial charge < -0.3 is 58.0 Å². The molecule has 0 radical (unpaired) electrons. The number of nitrogens with one attached hydrogen (secondary N) is 3. The number of amides is 2. The lowest BCUT2D eigenvalue weighted by Gasteiger charge is -2.22. The van der Waals surface area contributed by atoms with Crippen LogP contribution >= 0.6 is 0 Å². The Balaban J connectivity index is 0.000000387. The monoisotopic (exact) mass is 764 g/mol. The lowest BCUT2D eigenvalue weighted by molar-refractivity contribution is -0.140. The van der Waals surface area contributed by atoms with Gasteiger partial charge in [-0.2, -0.15) is 0 Å². The van der Waals surface area contributed by atoms with E-state index in [2.05, 4.69) is 22.2 Å². The van der Waals surface area contributed by atoms with Crippen molar-refractivity contribution in [1.29, 1.82) is 0 Å². The number of carboxylic acid groups (broad SMARTS) is 3. The van der Waals surface area contributed by atoms with Crippen LogP contribution in [0.5, 0.6) is 5.75 Å². The van der Waals surface area contributed by atoms with Gasteiger partial charge in [0, 0.05) is 35.5 Å². The molecule has 298 valence electrons. The summed E-state index contributed by atoms with van der Waals surface area (Å²) >= 11 is 0. The maximum Gasteiger partial charge on any atom is 0.408 e. The first-order valence-electron chi connectivity index (χ1n) is 16.9. The second-order valence-electron chi connectivity index (χ2n) is 13.0. The number of nitrogens with two attached hydrogens (primary N) is 3. The quantitative estimate of drug-likeness (QED) is 0.0926. The summed E-state index contributed by atoms with van der Waals surface area (Å²) in [5.74, 6) is -3.40. The van der Waals surface area contributed by atoms with Crippen molar-refractivity contribution in [3.8, 4) is 5.75 Å². The minimum atomic E-state index is -1.15. The van der Waals surface area contributed by atoms with Gasteiger partial charge in [0.2, 0.25) is 5.91 Å². The Morgan fingerprint density at radius 2 is 1.40 bits per heavy atom. The number of likely N-dealkylation sites (N-methyl/N-ethyl adjacent to an activating group) is 1. The van der Waals surface area contributed by atoms with Gasteiger partial charge in [0.25, 0.3) is 0 Å². The van der Waals surface area contributed by atoms with Crippen molar-refractivity contribution in [3.05, 3.63) is 114 Å². The standard InChI is InChI=1S/C14H19NO5.C11H12N2O2.C10H12N2O.C4H9NO2/c1-14(2,3)20-13(19)15-11(12(17)18)8-9-4-6-10(16)7-5-9;12-9(11(14)15)5-7-6-13-10-4-2-1-3-8(7)10;1-7(10(12)13)9(11)8-5-3-2-4-6-8;1-3(5-2)4(6)7/h4-7,11,16H,8H2,1-3H3,(H,15,19)(H,17,18);1-4,6,9,13H,5,12H2,(H,14,15);2-6,9H,1,11H2,(H2,12,13);3,5H,1-2H3,(H,6,7). The lowest BCUT2D eigenvalue weighted by atomic mass is 10.0. The molecule has 1 heterocycles. The molecule has 0 aliphatic carbocycles. The third-order valence-corrected chi connectivity index (χ3v) is 7.45. The van der Waals surface area contributed by atoms with Crippen LogP contribution in [0.15, 0.2) is 97.2 Å². The van der Waals surface area contributed by atoms with Crippen molar-refractivity contribution in [2.45, 2.75) is 70.3 Å². The number of alkyl carbamates (subject to hydrolysis) is 1. The normalized spacial score (nSPS) is 12.6. The fraction of sp³-hybridized carbons (Fsp3) is 0.308. The highest BCUT2D eigenvalue weighted by molar-refractivity contribution is 5.92. The van der Waals surface area contributed by atoms with Gasteiger partial charge in [-0.3, -0.25) is 14.4 Å². The van der Waals surface area contributed by atoms with E-state index in [-0.39, 0.29) is 17.7 Å². The highest BCUT2D eigenvalue weighted by Crippen LogP contribution is 2.19. The molecule has 0 bridgehead atoms. The molecule has 0 fully saturated rings. The van der Waals surface area contributed by atoms with Gasteiger partial charge in [-0.25, -0.2) is 9.59 Å². The number of benzene rings is 3. The number of fused-ring (bicyclic) bond motifs is 1. The molecule has 16 heteroatoms. The number of aromatic nitrogens is 1. The molecule has 2 amide bonds. The van der Waals surface area contributed by atoms with Gasteiger partial charge >= 0.3 is 24.0 Å².